The van der Waals surface area contributed by atoms with Crippen LogP contribution in [0.3, 0.4) is 0 Å². The summed E-state index contributed by atoms with van der Waals surface area (Å²) in [6, 6.07) is 6.45. The third kappa shape index (κ3) is 5.26. The summed E-state index contributed by atoms with van der Waals surface area (Å²) in [5.74, 6) is 0. The molecule has 1 unspecified atom stereocenters. The summed E-state index contributed by atoms with van der Waals surface area (Å²) in [6.07, 6.45) is 8.53. The van der Waals surface area contributed by atoms with Gasteiger partial charge in [0.05, 0.1) is 5.69 Å². The first kappa shape index (κ1) is 13.2. The highest BCUT2D eigenvalue weighted by atomic mass is 14.9. The molecule has 0 fully saturated rings. The standard InChI is InChI=1S/C14H24N2/c1-3-4-5-6-8-11-15-13(2)14-10-7-9-12-16-14/h7,9-10,12-13,15H,3-6,8,11H2,1-2H3. The van der Waals surface area contributed by atoms with Crippen molar-refractivity contribution in [1.29, 1.82) is 0 Å². The maximum Gasteiger partial charge on any atom is 0.0570 e. The Morgan fingerprint density at radius 1 is 1.19 bits per heavy atom. The van der Waals surface area contributed by atoms with Crippen LogP contribution in [-0.2, 0) is 0 Å². The Labute approximate surface area is 99.5 Å². The Morgan fingerprint density at radius 3 is 2.69 bits per heavy atom. The first-order valence-electron chi connectivity index (χ1n) is 6.49. The summed E-state index contributed by atoms with van der Waals surface area (Å²) in [5, 5.41) is 3.51. The van der Waals surface area contributed by atoms with Gasteiger partial charge >= 0.3 is 0 Å². The molecule has 0 saturated carbocycles. The summed E-state index contributed by atoms with van der Waals surface area (Å²) in [7, 11) is 0. The fourth-order valence-electron chi connectivity index (χ4n) is 1.78. The van der Waals surface area contributed by atoms with Crippen LogP contribution in [-0.4, -0.2) is 11.5 Å². The third-order valence-corrected chi connectivity index (χ3v) is 2.86. The predicted octanol–water partition coefficient (Wildman–Crippen LogP) is 3.70. The van der Waals surface area contributed by atoms with Gasteiger partial charge in [0.2, 0.25) is 0 Å². The van der Waals surface area contributed by atoms with E-state index in [4.69, 9.17) is 0 Å². The fraction of sp³-hybridized carbons (Fsp3) is 0.643. The second-order valence-electron chi connectivity index (χ2n) is 4.34. The normalized spacial score (nSPS) is 12.6. The number of pyridine rings is 1. The first-order valence-corrected chi connectivity index (χ1v) is 6.49. The number of unbranched alkanes of at least 4 members (excludes halogenated alkanes) is 4. The van der Waals surface area contributed by atoms with Gasteiger partial charge < -0.3 is 5.32 Å². The number of nitrogens with zero attached hydrogens (tertiary/aromatic N) is 1. The van der Waals surface area contributed by atoms with Crippen molar-refractivity contribution < 1.29 is 0 Å². The molecule has 1 N–H and O–H groups in total. The largest absolute Gasteiger partial charge is 0.309 e. The van der Waals surface area contributed by atoms with Crippen molar-refractivity contribution in [2.24, 2.45) is 0 Å². The Kier molecular flexibility index (Phi) is 6.82. The van der Waals surface area contributed by atoms with Crippen molar-refractivity contribution >= 4 is 0 Å². The monoisotopic (exact) mass is 220 g/mol. The molecule has 1 atom stereocenters. The van der Waals surface area contributed by atoms with E-state index in [2.05, 4.69) is 30.2 Å². The number of aromatic nitrogens is 1. The van der Waals surface area contributed by atoms with Crippen molar-refractivity contribution in [1.82, 2.24) is 10.3 Å². The van der Waals surface area contributed by atoms with Crippen molar-refractivity contribution in [3.63, 3.8) is 0 Å². The molecule has 1 aromatic heterocycles. The van der Waals surface area contributed by atoms with Crippen molar-refractivity contribution in [3.8, 4) is 0 Å². The quantitative estimate of drug-likeness (QED) is 0.676. The van der Waals surface area contributed by atoms with E-state index < -0.39 is 0 Å². The van der Waals surface area contributed by atoms with Gasteiger partial charge in [0.1, 0.15) is 0 Å². The molecule has 1 rings (SSSR count). The zero-order valence-corrected chi connectivity index (χ0v) is 10.6. The second-order valence-corrected chi connectivity index (χ2v) is 4.34. The summed E-state index contributed by atoms with van der Waals surface area (Å²) in [5.41, 5.74) is 1.14. The molecule has 0 radical (unpaired) electrons. The van der Waals surface area contributed by atoms with E-state index in [1.807, 2.05) is 18.3 Å². The lowest BCUT2D eigenvalue weighted by Crippen LogP contribution is -2.20. The smallest absolute Gasteiger partial charge is 0.0570 e. The van der Waals surface area contributed by atoms with Crippen molar-refractivity contribution in [2.45, 2.75) is 52.0 Å². The highest BCUT2D eigenvalue weighted by Gasteiger charge is 2.03. The maximum absolute atomic E-state index is 4.34. The van der Waals surface area contributed by atoms with E-state index >= 15 is 0 Å². The molecule has 0 amide bonds. The van der Waals surface area contributed by atoms with Gasteiger partial charge in [-0.25, -0.2) is 0 Å². The van der Waals surface area contributed by atoms with Crippen LogP contribution >= 0.6 is 0 Å². The summed E-state index contributed by atoms with van der Waals surface area (Å²) < 4.78 is 0. The lowest BCUT2D eigenvalue weighted by atomic mass is 10.1. The lowest BCUT2D eigenvalue weighted by molar-refractivity contribution is 0.523. The SMILES string of the molecule is CCCCCCCNC(C)c1ccccn1. The van der Waals surface area contributed by atoms with Gasteiger partial charge in [0.25, 0.3) is 0 Å². The Hall–Kier alpha value is -0.890. The molecule has 1 aromatic rings. The van der Waals surface area contributed by atoms with E-state index in [1.54, 1.807) is 0 Å². The van der Waals surface area contributed by atoms with Gasteiger partial charge in [0, 0.05) is 12.2 Å². The van der Waals surface area contributed by atoms with Crippen LogP contribution in [0.25, 0.3) is 0 Å². The zero-order valence-electron chi connectivity index (χ0n) is 10.6. The number of nitrogens with one attached hydrogen (secondary N) is 1. The molecule has 90 valence electrons. The molecular weight excluding hydrogens is 196 g/mol. The molecule has 0 aliphatic heterocycles. The predicted molar refractivity (Wildman–Crippen MR) is 69.4 cm³/mol. The van der Waals surface area contributed by atoms with Gasteiger partial charge in [-0.15, -0.1) is 0 Å². The van der Waals surface area contributed by atoms with Crippen LogP contribution in [0.1, 0.15) is 57.7 Å². The maximum atomic E-state index is 4.34. The van der Waals surface area contributed by atoms with E-state index in [1.165, 1.54) is 32.1 Å². The third-order valence-electron chi connectivity index (χ3n) is 2.86. The highest BCUT2D eigenvalue weighted by molar-refractivity contribution is 5.07. The minimum absolute atomic E-state index is 0.368. The minimum Gasteiger partial charge on any atom is -0.309 e. The van der Waals surface area contributed by atoms with Crippen molar-refractivity contribution in [3.05, 3.63) is 30.1 Å². The number of hydrogen-bond donors (Lipinski definition) is 1. The molecular formula is C14H24N2. The highest BCUT2D eigenvalue weighted by Crippen LogP contribution is 2.08. The second kappa shape index (κ2) is 8.28. The first-order chi connectivity index (χ1) is 7.84. The van der Waals surface area contributed by atoms with Gasteiger partial charge in [-0.2, -0.15) is 0 Å². The van der Waals surface area contributed by atoms with Gasteiger partial charge in [-0.3, -0.25) is 4.98 Å². The average Bonchev–Trinajstić information content (AvgIpc) is 2.34. The fourth-order valence-corrected chi connectivity index (χ4v) is 1.78. The molecule has 0 aliphatic rings. The molecule has 0 spiro atoms. The molecule has 2 heteroatoms. The van der Waals surface area contributed by atoms with Gasteiger partial charge in [-0.05, 0) is 32.0 Å². The molecule has 0 aromatic carbocycles. The summed E-state index contributed by atoms with van der Waals surface area (Å²) in [6.45, 7) is 5.53. The van der Waals surface area contributed by atoms with Crippen LogP contribution < -0.4 is 5.32 Å². The Balaban J connectivity index is 2.09. The zero-order chi connectivity index (χ0) is 11.6. The van der Waals surface area contributed by atoms with Crippen LogP contribution in [0.15, 0.2) is 24.4 Å². The molecule has 1 heterocycles. The van der Waals surface area contributed by atoms with Gasteiger partial charge in [0.15, 0.2) is 0 Å². The number of hydrogen-bond acceptors (Lipinski definition) is 2. The topological polar surface area (TPSA) is 24.9 Å². The Morgan fingerprint density at radius 2 is 2.00 bits per heavy atom. The van der Waals surface area contributed by atoms with Crippen LogP contribution in [0.5, 0.6) is 0 Å². The van der Waals surface area contributed by atoms with Crippen molar-refractivity contribution in [2.75, 3.05) is 6.54 Å². The summed E-state index contributed by atoms with van der Waals surface area (Å²) >= 11 is 0. The molecule has 0 saturated heterocycles. The average molecular weight is 220 g/mol. The lowest BCUT2D eigenvalue weighted by Gasteiger charge is -2.12. The minimum atomic E-state index is 0.368. The number of rotatable bonds is 8. The van der Waals surface area contributed by atoms with Gasteiger partial charge in [-0.1, -0.05) is 38.7 Å². The Bertz CT molecular complexity index is 259. The van der Waals surface area contributed by atoms with Crippen LogP contribution in [0, 0.1) is 0 Å². The summed E-state index contributed by atoms with van der Waals surface area (Å²) in [4.78, 5) is 4.34. The van der Waals surface area contributed by atoms with Crippen LogP contribution in [0.2, 0.25) is 0 Å². The van der Waals surface area contributed by atoms with E-state index in [-0.39, 0.29) is 0 Å². The van der Waals surface area contributed by atoms with Crippen LogP contribution in [0.4, 0.5) is 0 Å². The molecule has 2 nitrogen and oxygen atoms in total. The molecule has 0 aliphatic carbocycles. The van der Waals surface area contributed by atoms with E-state index in [0.29, 0.717) is 6.04 Å². The van der Waals surface area contributed by atoms with E-state index in [9.17, 15) is 0 Å². The molecule has 0 bridgehead atoms. The van der Waals surface area contributed by atoms with E-state index in [0.717, 1.165) is 12.2 Å². The molecule has 16 heavy (non-hydrogen) atoms.